The van der Waals surface area contributed by atoms with Crippen molar-refractivity contribution in [2.24, 2.45) is 5.73 Å². The second-order valence-corrected chi connectivity index (χ2v) is 5.37. The summed E-state index contributed by atoms with van der Waals surface area (Å²) >= 11 is 5.50. The number of pyridine rings is 2. The Morgan fingerprint density at radius 2 is 2.04 bits per heavy atom. The minimum atomic E-state index is -4.37. The second-order valence-electron chi connectivity index (χ2n) is 4.96. The molecule has 10 heteroatoms. The lowest BCUT2D eigenvalue weighted by Crippen LogP contribution is -2.19. The number of nitrogens with one attached hydrogen (secondary N) is 1. The zero-order chi connectivity index (χ0) is 18.4. The van der Waals surface area contributed by atoms with Gasteiger partial charge in [-0.2, -0.15) is 13.2 Å². The summed E-state index contributed by atoms with van der Waals surface area (Å²) in [6, 6.07) is 4.81. The van der Waals surface area contributed by atoms with Gasteiger partial charge in [0.25, 0.3) is 5.91 Å². The van der Waals surface area contributed by atoms with Gasteiger partial charge in [0.05, 0.1) is 0 Å². The number of halogens is 4. The second kappa shape index (κ2) is 8.13. The highest BCUT2D eigenvalue weighted by molar-refractivity contribution is 6.31. The van der Waals surface area contributed by atoms with Crippen LogP contribution in [0.1, 0.15) is 21.6 Å². The summed E-state index contributed by atoms with van der Waals surface area (Å²) in [4.78, 5) is 18.4. The summed E-state index contributed by atoms with van der Waals surface area (Å²) in [6.07, 6.45) is -1.45. The molecular formula is C15H14ClF3N4O2. The van der Waals surface area contributed by atoms with Crippen molar-refractivity contribution >= 4 is 17.5 Å². The van der Waals surface area contributed by atoms with Crippen LogP contribution in [0.25, 0.3) is 0 Å². The molecule has 3 N–H and O–H groups in total. The molecule has 2 aromatic rings. The fourth-order valence-electron chi connectivity index (χ4n) is 2.06. The number of aromatic nitrogens is 2. The lowest BCUT2D eigenvalue weighted by molar-refractivity contribution is -0.154. The van der Waals surface area contributed by atoms with Crippen molar-refractivity contribution in [3.63, 3.8) is 0 Å². The predicted molar refractivity (Wildman–Crippen MR) is 84.1 cm³/mol. The van der Waals surface area contributed by atoms with Crippen molar-refractivity contribution in [1.29, 1.82) is 0 Å². The molecule has 3 heterocycles. The number of fused-ring (bicyclic) bond motifs is 1. The first-order valence-electron chi connectivity index (χ1n) is 7.05. The highest BCUT2D eigenvalue weighted by Gasteiger charge is 2.29. The molecule has 0 bridgehead atoms. The van der Waals surface area contributed by atoms with Crippen molar-refractivity contribution in [2.75, 3.05) is 6.61 Å². The van der Waals surface area contributed by atoms with Gasteiger partial charge in [-0.1, -0.05) is 11.6 Å². The standard InChI is InChI=1S/C8H9N3O.C7H5ClF3NO/c9-8(12)7-6-4-10-3-5(6)1-2-11-7;8-5-2-1-3-12-6(5)13-4-7(9,10)11/h1-2,10H,3-4H2,(H2,9,12);1-3H,4H2. The predicted octanol–water partition coefficient (Wildman–Crippen LogP) is 2.46. The SMILES string of the molecule is FC(F)(F)COc1ncccc1Cl.NC(=O)c1nccc2c1CNC2. The van der Waals surface area contributed by atoms with Crippen LogP contribution in [0.2, 0.25) is 5.02 Å². The van der Waals surface area contributed by atoms with Gasteiger partial charge in [-0.3, -0.25) is 9.78 Å². The van der Waals surface area contributed by atoms with E-state index < -0.39 is 18.7 Å². The maximum absolute atomic E-state index is 11.7. The molecule has 2 aromatic heterocycles. The molecule has 0 saturated carbocycles. The summed E-state index contributed by atoms with van der Waals surface area (Å²) in [5, 5.41) is 3.20. The third-order valence-electron chi connectivity index (χ3n) is 3.10. The minimum absolute atomic E-state index is 0.0618. The number of nitrogens with zero attached hydrogens (tertiary/aromatic N) is 2. The van der Waals surface area contributed by atoms with Crippen LogP contribution in [0.15, 0.2) is 30.6 Å². The number of nitrogens with two attached hydrogens (primary N) is 1. The molecule has 0 radical (unpaired) electrons. The highest BCUT2D eigenvalue weighted by Crippen LogP contribution is 2.23. The third kappa shape index (κ3) is 5.57. The van der Waals surface area contributed by atoms with Crippen molar-refractivity contribution < 1.29 is 22.7 Å². The first kappa shape index (κ1) is 18.9. The van der Waals surface area contributed by atoms with E-state index in [4.69, 9.17) is 17.3 Å². The molecule has 0 unspecified atom stereocenters. The van der Waals surface area contributed by atoms with E-state index in [1.807, 2.05) is 6.07 Å². The number of carbonyl (C=O) groups excluding carboxylic acids is 1. The summed E-state index contributed by atoms with van der Waals surface area (Å²) in [5.41, 5.74) is 7.63. The minimum Gasteiger partial charge on any atom is -0.467 e. The Hall–Kier alpha value is -2.39. The normalized spacial score (nSPS) is 12.8. The van der Waals surface area contributed by atoms with Gasteiger partial charge < -0.3 is 15.8 Å². The van der Waals surface area contributed by atoms with Gasteiger partial charge in [-0.25, -0.2) is 4.98 Å². The summed E-state index contributed by atoms with van der Waals surface area (Å²) in [6.45, 7) is 0.114. The van der Waals surface area contributed by atoms with Crippen LogP contribution in [0.4, 0.5) is 13.2 Å². The Bertz CT molecular complexity index is 756. The highest BCUT2D eigenvalue weighted by atomic mass is 35.5. The number of alkyl halides is 3. The van der Waals surface area contributed by atoms with E-state index in [-0.39, 0.29) is 10.9 Å². The molecule has 25 heavy (non-hydrogen) atoms. The number of amides is 1. The zero-order valence-electron chi connectivity index (χ0n) is 12.8. The first-order chi connectivity index (χ1) is 11.8. The van der Waals surface area contributed by atoms with Crippen LogP contribution in [0.3, 0.4) is 0 Å². The fourth-order valence-corrected chi connectivity index (χ4v) is 2.23. The lowest BCUT2D eigenvalue weighted by atomic mass is 10.1. The summed E-state index contributed by atoms with van der Waals surface area (Å²) < 4.78 is 39.4. The van der Waals surface area contributed by atoms with E-state index in [0.717, 1.165) is 17.7 Å². The van der Waals surface area contributed by atoms with Crippen LogP contribution in [0, 0.1) is 0 Å². The van der Waals surface area contributed by atoms with Crippen LogP contribution >= 0.6 is 11.6 Å². The quantitative estimate of drug-likeness (QED) is 0.861. The Morgan fingerprint density at radius 3 is 2.68 bits per heavy atom. The van der Waals surface area contributed by atoms with Gasteiger partial charge in [0, 0.05) is 31.0 Å². The molecule has 1 aliphatic rings. The van der Waals surface area contributed by atoms with E-state index in [2.05, 4.69) is 20.0 Å². The molecule has 0 atom stereocenters. The van der Waals surface area contributed by atoms with Crippen molar-refractivity contribution in [1.82, 2.24) is 15.3 Å². The summed E-state index contributed by atoms with van der Waals surface area (Å²) in [7, 11) is 0. The maximum atomic E-state index is 11.7. The van der Waals surface area contributed by atoms with Crippen molar-refractivity contribution in [2.45, 2.75) is 19.3 Å². The van der Waals surface area contributed by atoms with Gasteiger partial charge in [-0.05, 0) is 23.8 Å². The maximum Gasteiger partial charge on any atom is 0.422 e. The molecule has 0 aliphatic carbocycles. The molecule has 1 amide bonds. The number of rotatable bonds is 3. The van der Waals surface area contributed by atoms with Crippen LogP contribution in [0.5, 0.6) is 5.88 Å². The number of carbonyl (C=O) groups is 1. The topological polar surface area (TPSA) is 90.1 Å². The number of hydrogen-bond donors (Lipinski definition) is 2. The van der Waals surface area contributed by atoms with Crippen LogP contribution in [-0.4, -0.2) is 28.7 Å². The van der Waals surface area contributed by atoms with E-state index in [0.29, 0.717) is 12.2 Å². The number of ether oxygens (including phenoxy) is 1. The van der Waals surface area contributed by atoms with Crippen LogP contribution < -0.4 is 15.8 Å². The Kier molecular flexibility index (Phi) is 6.16. The molecule has 0 fully saturated rings. The average molecular weight is 375 g/mol. The Morgan fingerprint density at radius 1 is 1.28 bits per heavy atom. The molecule has 1 aliphatic heterocycles. The smallest absolute Gasteiger partial charge is 0.422 e. The molecule has 0 saturated heterocycles. The van der Waals surface area contributed by atoms with E-state index in [9.17, 15) is 18.0 Å². The monoisotopic (exact) mass is 374 g/mol. The molecule has 0 aromatic carbocycles. The Balaban J connectivity index is 0.000000181. The fraction of sp³-hybridized carbons (Fsp3) is 0.267. The largest absolute Gasteiger partial charge is 0.467 e. The Labute approximate surface area is 146 Å². The van der Waals surface area contributed by atoms with E-state index in [1.54, 1.807) is 6.20 Å². The van der Waals surface area contributed by atoms with Gasteiger partial charge in [0.2, 0.25) is 5.88 Å². The molecule has 134 valence electrons. The number of primary amides is 1. The average Bonchev–Trinajstić information content (AvgIpc) is 3.02. The van der Waals surface area contributed by atoms with Crippen molar-refractivity contribution in [3.8, 4) is 5.88 Å². The van der Waals surface area contributed by atoms with E-state index >= 15 is 0 Å². The lowest BCUT2D eigenvalue weighted by Gasteiger charge is -2.08. The molecular weight excluding hydrogens is 361 g/mol. The number of hydrogen-bond acceptors (Lipinski definition) is 5. The van der Waals surface area contributed by atoms with Gasteiger partial charge in [-0.15, -0.1) is 0 Å². The van der Waals surface area contributed by atoms with Crippen molar-refractivity contribution in [3.05, 3.63) is 52.4 Å². The molecule has 6 nitrogen and oxygen atoms in total. The first-order valence-corrected chi connectivity index (χ1v) is 7.43. The van der Waals surface area contributed by atoms with Gasteiger partial charge in [0.15, 0.2) is 6.61 Å². The van der Waals surface area contributed by atoms with Crippen LogP contribution in [-0.2, 0) is 13.1 Å². The summed E-state index contributed by atoms with van der Waals surface area (Å²) in [5.74, 6) is -0.656. The zero-order valence-corrected chi connectivity index (χ0v) is 13.6. The van der Waals surface area contributed by atoms with E-state index in [1.165, 1.54) is 18.3 Å². The van der Waals surface area contributed by atoms with Gasteiger partial charge >= 0.3 is 6.18 Å². The molecule has 3 rings (SSSR count). The molecule has 0 spiro atoms. The van der Waals surface area contributed by atoms with Gasteiger partial charge in [0.1, 0.15) is 10.7 Å². The third-order valence-corrected chi connectivity index (χ3v) is 3.39.